The van der Waals surface area contributed by atoms with Gasteiger partial charge >= 0.3 is 0 Å². The van der Waals surface area contributed by atoms with Gasteiger partial charge in [0, 0.05) is 28.7 Å². The molecule has 1 N–H and O–H groups in total. The third kappa shape index (κ3) is 4.19. The molecule has 162 valence electrons. The number of hydrogen-bond donors (Lipinski definition) is 1. The largest absolute Gasteiger partial charge is 0.366 e. The summed E-state index contributed by atoms with van der Waals surface area (Å²) in [6, 6.07) is 12.7. The standard InChI is InChI=1S/C23H23BrN2O4S/c1-14-11-15(2)13-26(12-14)21-20(22(27)18-5-3-4-6-19(18)23(21)28)25-31(29,30)17-9-7-16(24)8-10-17/h3-10,14-15,25H,11-13H2,1-2H3. The van der Waals surface area contributed by atoms with Crippen molar-refractivity contribution in [1.82, 2.24) is 9.62 Å². The summed E-state index contributed by atoms with van der Waals surface area (Å²) in [5.74, 6) is -0.178. The van der Waals surface area contributed by atoms with Gasteiger partial charge in [0.05, 0.1) is 4.90 Å². The molecule has 2 aromatic carbocycles. The average Bonchev–Trinajstić information content (AvgIpc) is 2.71. The number of likely N-dealkylation sites (tertiary alicyclic amines) is 1. The Kier molecular flexibility index (Phi) is 5.79. The second-order valence-corrected chi connectivity index (χ2v) is 10.9. The van der Waals surface area contributed by atoms with Crippen molar-refractivity contribution in [1.29, 1.82) is 0 Å². The predicted octanol–water partition coefficient (Wildman–Crippen LogP) is 4.00. The molecule has 1 fully saturated rings. The van der Waals surface area contributed by atoms with Crippen LogP contribution in [0, 0.1) is 11.8 Å². The van der Waals surface area contributed by atoms with Gasteiger partial charge in [-0.25, -0.2) is 8.42 Å². The van der Waals surface area contributed by atoms with Crippen molar-refractivity contribution in [2.75, 3.05) is 13.1 Å². The highest BCUT2D eigenvalue weighted by Crippen LogP contribution is 2.32. The maximum Gasteiger partial charge on any atom is 0.262 e. The molecule has 0 amide bonds. The van der Waals surface area contributed by atoms with E-state index in [2.05, 4.69) is 34.5 Å². The van der Waals surface area contributed by atoms with Crippen molar-refractivity contribution in [3.8, 4) is 0 Å². The zero-order chi connectivity index (χ0) is 22.3. The van der Waals surface area contributed by atoms with E-state index >= 15 is 0 Å². The highest BCUT2D eigenvalue weighted by molar-refractivity contribution is 9.10. The number of nitrogens with zero attached hydrogens (tertiary/aromatic N) is 1. The normalized spacial score (nSPS) is 21.8. The molecule has 0 saturated carbocycles. The van der Waals surface area contributed by atoms with E-state index in [9.17, 15) is 18.0 Å². The van der Waals surface area contributed by atoms with Crippen LogP contribution in [0.3, 0.4) is 0 Å². The van der Waals surface area contributed by atoms with Gasteiger partial charge in [-0.3, -0.25) is 14.3 Å². The summed E-state index contributed by atoms with van der Waals surface area (Å²) in [5, 5.41) is 0. The van der Waals surface area contributed by atoms with Crippen molar-refractivity contribution in [2.45, 2.75) is 25.2 Å². The predicted molar refractivity (Wildman–Crippen MR) is 121 cm³/mol. The summed E-state index contributed by atoms with van der Waals surface area (Å²) in [6.07, 6.45) is 1.02. The number of carbonyl (C=O) groups is 2. The summed E-state index contributed by atoms with van der Waals surface area (Å²) in [6.45, 7) is 5.37. The van der Waals surface area contributed by atoms with Gasteiger partial charge < -0.3 is 4.90 Å². The van der Waals surface area contributed by atoms with Crippen molar-refractivity contribution < 1.29 is 18.0 Å². The van der Waals surface area contributed by atoms with E-state index in [0.717, 1.165) is 10.9 Å². The van der Waals surface area contributed by atoms with Gasteiger partial charge in [-0.1, -0.05) is 54.0 Å². The van der Waals surface area contributed by atoms with E-state index in [1.54, 1.807) is 36.4 Å². The van der Waals surface area contributed by atoms with Crippen LogP contribution >= 0.6 is 15.9 Å². The minimum Gasteiger partial charge on any atom is -0.366 e. The summed E-state index contributed by atoms with van der Waals surface area (Å²) in [5.41, 5.74) is 0.485. The summed E-state index contributed by atoms with van der Waals surface area (Å²) in [4.78, 5) is 28.7. The van der Waals surface area contributed by atoms with Crippen LogP contribution in [0.1, 0.15) is 41.0 Å². The first kappa shape index (κ1) is 21.8. The van der Waals surface area contributed by atoms with E-state index in [-0.39, 0.29) is 27.6 Å². The van der Waals surface area contributed by atoms with E-state index in [0.29, 0.717) is 30.5 Å². The molecule has 1 saturated heterocycles. The zero-order valence-corrected chi connectivity index (χ0v) is 19.7. The average molecular weight is 503 g/mol. The Hall–Kier alpha value is -2.45. The molecule has 2 aromatic rings. The van der Waals surface area contributed by atoms with E-state index < -0.39 is 15.8 Å². The Labute approximate surface area is 190 Å². The van der Waals surface area contributed by atoms with Gasteiger partial charge in [0.1, 0.15) is 11.4 Å². The smallest absolute Gasteiger partial charge is 0.262 e. The molecule has 4 rings (SSSR count). The first-order valence-electron chi connectivity index (χ1n) is 10.1. The van der Waals surface area contributed by atoms with Gasteiger partial charge in [-0.2, -0.15) is 0 Å². The molecule has 0 spiro atoms. The van der Waals surface area contributed by atoms with Crippen molar-refractivity contribution in [3.63, 3.8) is 0 Å². The third-order valence-electron chi connectivity index (χ3n) is 5.64. The van der Waals surface area contributed by atoms with E-state index in [4.69, 9.17) is 0 Å². The topological polar surface area (TPSA) is 83.6 Å². The number of fused-ring (bicyclic) bond motifs is 1. The minimum atomic E-state index is -4.06. The number of nitrogens with one attached hydrogen (secondary N) is 1. The Morgan fingerprint density at radius 2 is 1.45 bits per heavy atom. The third-order valence-corrected chi connectivity index (χ3v) is 7.53. The summed E-state index contributed by atoms with van der Waals surface area (Å²) >= 11 is 3.29. The maximum atomic E-state index is 13.5. The molecule has 8 heteroatoms. The number of rotatable bonds is 4. The van der Waals surface area contributed by atoms with Crippen LogP contribution < -0.4 is 4.72 Å². The maximum absolute atomic E-state index is 13.5. The van der Waals surface area contributed by atoms with Gasteiger partial charge in [0.25, 0.3) is 10.0 Å². The van der Waals surface area contributed by atoms with Crippen LogP contribution in [0.2, 0.25) is 0 Å². The fourth-order valence-electron chi connectivity index (χ4n) is 4.41. The van der Waals surface area contributed by atoms with Crippen LogP contribution in [-0.4, -0.2) is 38.0 Å². The fourth-order valence-corrected chi connectivity index (χ4v) is 5.75. The molecule has 1 aliphatic heterocycles. The van der Waals surface area contributed by atoms with Gasteiger partial charge in [-0.05, 0) is 42.5 Å². The second-order valence-electron chi connectivity index (χ2n) is 8.34. The number of hydrogen-bond acceptors (Lipinski definition) is 5. The molecular formula is C23H23BrN2O4S. The molecule has 2 unspecified atom stereocenters. The van der Waals surface area contributed by atoms with Crippen LogP contribution in [-0.2, 0) is 10.0 Å². The second kappa shape index (κ2) is 8.24. The number of benzene rings is 2. The number of sulfonamides is 1. The lowest BCUT2D eigenvalue weighted by Crippen LogP contribution is -2.45. The Morgan fingerprint density at radius 1 is 0.903 bits per heavy atom. The first-order chi connectivity index (χ1) is 14.7. The Balaban J connectivity index is 1.84. The van der Waals surface area contributed by atoms with Crippen LogP contribution in [0.15, 0.2) is 69.3 Å². The molecule has 0 radical (unpaired) electrons. The highest BCUT2D eigenvalue weighted by Gasteiger charge is 2.38. The lowest BCUT2D eigenvalue weighted by Gasteiger charge is -2.39. The molecule has 1 aliphatic carbocycles. The van der Waals surface area contributed by atoms with E-state index in [1.807, 2.05) is 4.90 Å². The van der Waals surface area contributed by atoms with Crippen molar-refractivity contribution in [2.24, 2.45) is 11.8 Å². The molecule has 6 nitrogen and oxygen atoms in total. The van der Waals surface area contributed by atoms with Crippen molar-refractivity contribution in [3.05, 3.63) is 75.5 Å². The lowest BCUT2D eigenvalue weighted by molar-refractivity contribution is 0.0900. The molecule has 0 aromatic heterocycles. The van der Waals surface area contributed by atoms with E-state index in [1.165, 1.54) is 12.1 Å². The number of ketones is 2. The number of piperidine rings is 1. The van der Waals surface area contributed by atoms with Crippen molar-refractivity contribution >= 4 is 37.5 Å². The zero-order valence-electron chi connectivity index (χ0n) is 17.3. The molecule has 1 heterocycles. The van der Waals surface area contributed by atoms with Crippen LogP contribution in [0.5, 0.6) is 0 Å². The number of allylic oxidation sites excluding steroid dienone is 2. The number of Topliss-reactive ketones (excluding diaryl/α,β-unsaturated/α-hetero) is 2. The monoisotopic (exact) mass is 502 g/mol. The highest BCUT2D eigenvalue weighted by atomic mass is 79.9. The molecule has 2 aliphatic rings. The van der Waals surface area contributed by atoms with Gasteiger partial charge in [0.2, 0.25) is 11.6 Å². The number of carbonyl (C=O) groups excluding carboxylic acids is 2. The molecule has 0 bridgehead atoms. The Morgan fingerprint density at radius 3 is 2.03 bits per heavy atom. The summed E-state index contributed by atoms with van der Waals surface area (Å²) < 4.78 is 29.4. The van der Waals surface area contributed by atoms with Crippen LogP contribution in [0.4, 0.5) is 0 Å². The SMILES string of the molecule is CC1CC(C)CN(C2=C(NS(=O)(=O)c3ccc(Br)cc3)C(=O)c3ccccc3C2=O)C1. The number of halogens is 1. The Bertz CT molecular complexity index is 1180. The summed E-state index contributed by atoms with van der Waals surface area (Å²) in [7, 11) is -4.06. The van der Waals surface area contributed by atoms with Crippen LogP contribution in [0.25, 0.3) is 0 Å². The molecule has 2 atom stereocenters. The quantitative estimate of drug-likeness (QED) is 0.682. The fraction of sp³-hybridized carbons (Fsp3) is 0.304. The van der Waals surface area contributed by atoms with Gasteiger partial charge in [-0.15, -0.1) is 0 Å². The van der Waals surface area contributed by atoms with Gasteiger partial charge in [0.15, 0.2) is 0 Å². The lowest BCUT2D eigenvalue weighted by atomic mass is 9.86. The molecule has 31 heavy (non-hydrogen) atoms. The minimum absolute atomic E-state index is 0.0158. The molecular weight excluding hydrogens is 480 g/mol. The first-order valence-corrected chi connectivity index (χ1v) is 12.4.